The van der Waals surface area contributed by atoms with Crippen LogP contribution in [-0.4, -0.2) is 0 Å². The van der Waals surface area contributed by atoms with Crippen LogP contribution < -0.4 is 5.73 Å². The van der Waals surface area contributed by atoms with E-state index in [4.69, 9.17) is 5.73 Å². The van der Waals surface area contributed by atoms with Crippen molar-refractivity contribution >= 4 is 5.69 Å². The lowest BCUT2D eigenvalue weighted by Crippen LogP contribution is -2.08. The fraction of sp³-hybridized carbons (Fsp3) is 0.250. The zero-order chi connectivity index (χ0) is 12.5. The van der Waals surface area contributed by atoms with Crippen molar-refractivity contribution in [1.82, 2.24) is 0 Å². The Bertz CT molecular complexity index is 556. The van der Waals surface area contributed by atoms with Gasteiger partial charge in [-0.1, -0.05) is 36.8 Å². The number of hydrogen-bond acceptors (Lipinski definition) is 1. The molecule has 0 atom stereocenters. The first-order chi connectivity index (χ1) is 8.74. The summed E-state index contributed by atoms with van der Waals surface area (Å²) >= 11 is 0. The van der Waals surface area contributed by atoms with Crippen LogP contribution >= 0.6 is 0 Å². The summed E-state index contributed by atoms with van der Waals surface area (Å²) in [5.74, 6) is 0.387. The Labute approximate surface area is 106 Å². The van der Waals surface area contributed by atoms with E-state index in [-0.39, 0.29) is 11.5 Å². The van der Waals surface area contributed by atoms with Gasteiger partial charge in [-0.3, -0.25) is 0 Å². The van der Waals surface area contributed by atoms with E-state index >= 15 is 0 Å². The minimum absolute atomic E-state index is 0.199. The van der Waals surface area contributed by atoms with E-state index in [2.05, 4.69) is 24.3 Å². The van der Waals surface area contributed by atoms with Gasteiger partial charge in [0, 0.05) is 0 Å². The number of benzene rings is 2. The van der Waals surface area contributed by atoms with Crippen molar-refractivity contribution in [1.29, 1.82) is 0 Å². The molecule has 0 aliphatic heterocycles. The van der Waals surface area contributed by atoms with Gasteiger partial charge in [0.25, 0.3) is 0 Å². The monoisotopic (exact) mass is 241 g/mol. The number of rotatable bonds is 2. The summed E-state index contributed by atoms with van der Waals surface area (Å²) in [6, 6.07) is 13.4. The van der Waals surface area contributed by atoms with Gasteiger partial charge in [-0.2, -0.15) is 0 Å². The molecule has 0 radical (unpaired) electrons. The fourth-order valence-electron chi connectivity index (χ4n) is 2.40. The maximum absolute atomic E-state index is 13.4. The van der Waals surface area contributed by atoms with Gasteiger partial charge in [0.05, 0.1) is 5.69 Å². The second-order valence-corrected chi connectivity index (χ2v) is 4.99. The highest BCUT2D eigenvalue weighted by molar-refractivity contribution is 5.66. The third-order valence-electron chi connectivity index (χ3n) is 3.82. The predicted molar refractivity (Wildman–Crippen MR) is 72.8 cm³/mol. The van der Waals surface area contributed by atoms with Crippen molar-refractivity contribution in [3.63, 3.8) is 0 Å². The molecule has 1 fully saturated rings. The Morgan fingerprint density at radius 3 is 2.17 bits per heavy atom. The van der Waals surface area contributed by atoms with Crippen molar-refractivity contribution in [3.05, 3.63) is 53.8 Å². The Kier molecular flexibility index (Phi) is 2.78. The highest BCUT2D eigenvalue weighted by atomic mass is 19.1. The normalized spacial score (nSPS) is 15.4. The van der Waals surface area contributed by atoms with Crippen molar-refractivity contribution in [2.75, 3.05) is 5.73 Å². The second kappa shape index (κ2) is 4.45. The lowest BCUT2D eigenvalue weighted by atomic mass is 9.80. The number of hydrogen-bond donors (Lipinski definition) is 1. The van der Waals surface area contributed by atoms with Crippen LogP contribution in [0.1, 0.15) is 30.7 Å². The Balaban J connectivity index is 1.89. The average molecular weight is 241 g/mol. The highest BCUT2D eigenvalue weighted by Crippen LogP contribution is 2.37. The molecule has 0 spiro atoms. The first-order valence-corrected chi connectivity index (χ1v) is 6.39. The molecule has 0 unspecified atom stereocenters. The zero-order valence-electron chi connectivity index (χ0n) is 10.2. The van der Waals surface area contributed by atoms with Crippen LogP contribution in [0.15, 0.2) is 42.5 Å². The van der Waals surface area contributed by atoms with Gasteiger partial charge in [0.2, 0.25) is 0 Å². The summed E-state index contributed by atoms with van der Waals surface area (Å²) < 4.78 is 13.4. The summed E-state index contributed by atoms with van der Waals surface area (Å²) in [6.07, 6.45) is 3.95. The molecule has 3 rings (SSSR count). The predicted octanol–water partition coefficient (Wildman–Crippen LogP) is 4.34. The van der Waals surface area contributed by atoms with Gasteiger partial charge in [0.1, 0.15) is 5.82 Å². The lowest BCUT2D eigenvalue weighted by molar-refractivity contribution is 0.420. The van der Waals surface area contributed by atoms with Crippen molar-refractivity contribution < 1.29 is 4.39 Å². The molecule has 1 nitrogen and oxygen atoms in total. The van der Waals surface area contributed by atoms with Crippen LogP contribution in [0.5, 0.6) is 0 Å². The quantitative estimate of drug-likeness (QED) is 0.777. The third-order valence-corrected chi connectivity index (χ3v) is 3.82. The summed E-state index contributed by atoms with van der Waals surface area (Å²) in [4.78, 5) is 0. The van der Waals surface area contributed by atoms with Gasteiger partial charge in [0.15, 0.2) is 0 Å². The minimum atomic E-state index is -0.351. The lowest BCUT2D eigenvalue weighted by Gasteiger charge is -2.25. The van der Waals surface area contributed by atoms with Crippen LogP contribution in [0.25, 0.3) is 11.1 Å². The topological polar surface area (TPSA) is 26.0 Å². The van der Waals surface area contributed by atoms with Gasteiger partial charge in [-0.25, -0.2) is 4.39 Å². The molecule has 1 aliphatic rings. The molecule has 0 saturated heterocycles. The number of nitrogens with two attached hydrogens (primary N) is 1. The molecule has 2 aromatic rings. The number of nitrogen functional groups attached to an aromatic ring is 1. The third kappa shape index (κ3) is 1.99. The molecule has 92 valence electrons. The van der Waals surface area contributed by atoms with E-state index < -0.39 is 0 Å². The summed E-state index contributed by atoms with van der Waals surface area (Å²) in [6.45, 7) is 0. The summed E-state index contributed by atoms with van der Waals surface area (Å²) in [5, 5.41) is 0. The summed E-state index contributed by atoms with van der Waals surface area (Å²) in [5.41, 5.74) is 9.00. The van der Waals surface area contributed by atoms with E-state index in [0.717, 1.165) is 17.0 Å². The molecular weight excluding hydrogens is 225 g/mol. The van der Waals surface area contributed by atoms with Crippen molar-refractivity contribution in [2.45, 2.75) is 25.2 Å². The van der Waals surface area contributed by atoms with E-state index in [1.54, 1.807) is 6.07 Å². The molecule has 0 aromatic heterocycles. The Hall–Kier alpha value is -1.83. The van der Waals surface area contributed by atoms with Crippen LogP contribution in [0, 0.1) is 5.82 Å². The molecule has 0 bridgehead atoms. The van der Waals surface area contributed by atoms with E-state index in [1.807, 2.05) is 6.07 Å². The Morgan fingerprint density at radius 1 is 0.944 bits per heavy atom. The van der Waals surface area contributed by atoms with E-state index in [9.17, 15) is 4.39 Å². The van der Waals surface area contributed by atoms with Crippen LogP contribution in [0.3, 0.4) is 0 Å². The molecule has 2 aromatic carbocycles. The zero-order valence-corrected chi connectivity index (χ0v) is 10.2. The molecule has 1 saturated carbocycles. The summed E-state index contributed by atoms with van der Waals surface area (Å²) in [7, 11) is 0. The second-order valence-electron chi connectivity index (χ2n) is 4.99. The fourth-order valence-corrected chi connectivity index (χ4v) is 2.40. The van der Waals surface area contributed by atoms with Crippen molar-refractivity contribution in [3.8, 4) is 11.1 Å². The molecule has 0 heterocycles. The standard InChI is InChI=1S/C16H16FN/c17-15-10-14(8-9-16(15)18)13-6-4-12(5-7-13)11-2-1-3-11/h4-11H,1-3,18H2. The molecular formula is C16H16FN. The van der Waals surface area contributed by atoms with E-state index in [0.29, 0.717) is 0 Å². The average Bonchev–Trinajstić information content (AvgIpc) is 2.32. The maximum Gasteiger partial charge on any atom is 0.146 e. The molecule has 2 N–H and O–H groups in total. The first-order valence-electron chi connectivity index (χ1n) is 6.39. The number of anilines is 1. The number of halogens is 1. The molecule has 18 heavy (non-hydrogen) atoms. The largest absolute Gasteiger partial charge is 0.396 e. The van der Waals surface area contributed by atoms with Crippen LogP contribution in [0.4, 0.5) is 10.1 Å². The van der Waals surface area contributed by atoms with Gasteiger partial charge < -0.3 is 5.73 Å². The Morgan fingerprint density at radius 2 is 1.61 bits per heavy atom. The van der Waals surface area contributed by atoms with Crippen LogP contribution in [0.2, 0.25) is 0 Å². The van der Waals surface area contributed by atoms with Crippen molar-refractivity contribution in [2.24, 2.45) is 0 Å². The highest BCUT2D eigenvalue weighted by Gasteiger charge is 2.18. The molecule has 0 amide bonds. The van der Waals surface area contributed by atoms with E-state index in [1.165, 1.54) is 30.9 Å². The van der Waals surface area contributed by atoms with Crippen LogP contribution in [-0.2, 0) is 0 Å². The molecule has 1 aliphatic carbocycles. The van der Waals surface area contributed by atoms with Gasteiger partial charge in [-0.05, 0) is 47.6 Å². The van der Waals surface area contributed by atoms with Gasteiger partial charge in [-0.15, -0.1) is 0 Å². The van der Waals surface area contributed by atoms with Gasteiger partial charge >= 0.3 is 0 Å². The molecule has 2 heteroatoms. The first kappa shape index (κ1) is 11.3. The SMILES string of the molecule is Nc1ccc(-c2ccc(C3CCC3)cc2)cc1F. The maximum atomic E-state index is 13.4. The smallest absolute Gasteiger partial charge is 0.146 e. The minimum Gasteiger partial charge on any atom is -0.396 e.